The SMILES string of the molecule is CC1CN(Cc2ccc(C(=O)O)o2)CC(C)O1. The first-order valence-electron chi connectivity index (χ1n) is 5.74. The van der Waals surface area contributed by atoms with Crippen LogP contribution >= 0.6 is 0 Å². The average molecular weight is 239 g/mol. The van der Waals surface area contributed by atoms with Gasteiger partial charge in [0.15, 0.2) is 0 Å². The molecule has 5 nitrogen and oxygen atoms in total. The zero-order valence-electron chi connectivity index (χ0n) is 10.0. The minimum atomic E-state index is -1.03. The molecule has 94 valence electrons. The van der Waals surface area contributed by atoms with Crippen molar-refractivity contribution >= 4 is 5.97 Å². The fourth-order valence-electron chi connectivity index (χ4n) is 2.21. The molecule has 2 unspecified atom stereocenters. The highest BCUT2D eigenvalue weighted by Gasteiger charge is 2.23. The van der Waals surface area contributed by atoms with Gasteiger partial charge in [0.2, 0.25) is 5.76 Å². The summed E-state index contributed by atoms with van der Waals surface area (Å²) in [6.45, 7) is 6.38. The number of carboxylic acids is 1. The van der Waals surface area contributed by atoms with Gasteiger partial charge < -0.3 is 14.3 Å². The first-order chi connectivity index (χ1) is 8.04. The predicted octanol–water partition coefficient (Wildman–Crippen LogP) is 1.59. The van der Waals surface area contributed by atoms with Gasteiger partial charge in [-0.2, -0.15) is 0 Å². The van der Waals surface area contributed by atoms with Gasteiger partial charge in [0.05, 0.1) is 18.8 Å². The number of carboxylic acid groups (broad SMARTS) is 1. The number of hydrogen-bond donors (Lipinski definition) is 1. The molecule has 0 spiro atoms. The second-order valence-corrected chi connectivity index (χ2v) is 4.52. The molecule has 0 aromatic carbocycles. The molecule has 0 aliphatic carbocycles. The van der Waals surface area contributed by atoms with Gasteiger partial charge in [-0.3, -0.25) is 4.90 Å². The van der Waals surface area contributed by atoms with Crippen LogP contribution in [-0.4, -0.2) is 41.3 Å². The molecule has 2 heterocycles. The van der Waals surface area contributed by atoms with E-state index in [0.717, 1.165) is 13.1 Å². The quantitative estimate of drug-likeness (QED) is 0.867. The number of morpholine rings is 1. The van der Waals surface area contributed by atoms with Gasteiger partial charge in [-0.25, -0.2) is 4.79 Å². The number of furan rings is 1. The van der Waals surface area contributed by atoms with Crippen molar-refractivity contribution in [3.8, 4) is 0 Å². The Hall–Kier alpha value is -1.33. The molecular weight excluding hydrogens is 222 g/mol. The third kappa shape index (κ3) is 3.08. The van der Waals surface area contributed by atoms with Gasteiger partial charge >= 0.3 is 5.97 Å². The maximum atomic E-state index is 10.7. The number of rotatable bonds is 3. The molecule has 2 rings (SSSR count). The lowest BCUT2D eigenvalue weighted by Crippen LogP contribution is -2.44. The lowest BCUT2D eigenvalue weighted by molar-refractivity contribution is -0.0718. The summed E-state index contributed by atoms with van der Waals surface area (Å²) < 4.78 is 10.9. The minimum Gasteiger partial charge on any atom is -0.475 e. The summed E-state index contributed by atoms with van der Waals surface area (Å²) in [6.07, 6.45) is 0.403. The third-order valence-electron chi connectivity index (χ3n) is 2.75. The monoisotopic (exact) mass is 239 g/mol. The number of hydrogen-bond acceptors (Lipinski definition) is 4. The lowest BCUT2D eigenvalue weighted by atomic mass is 10.2. The molecule has 0 radical (unpaired) electrons. The molecule has 0 amide bonds. The second kappa shape index (κ2) is 4.89. The van der Waals surface area contributed by atoms with Crippen LogP contribution in [0.3, 0.4) is 0 Å². The van der Waals surface area contributed by atoms with E-state index in [1.54, 1.807) is 6.07 Å². The zero-order valence-corrected chi connectivity index (χ0v) is 10.0. The molecule has 1 fully saturated rings. The van der Waals surface area contributed by atoms with Crippen LogP contribution in [0.4, 0.5) is 0 Å². The molecular formula is C12H17NO4. The Kier molecular flexibility index (Phi) is 3.49. The number of carbonyl (C=O) groups is 1. The van der Waals surface area contributed by atoms with Crippen LogP contribution in [-0.2, 0) is 11.3 Å². The van der Waals surface area contributed by atoms with Crippen LogP contribution in [0, 0.1) is 0 Å². The number of ether oxygens (including phenoxy) is 1. The predicted molar refractivity (Wildman–Crippen MR) is 61.0 cm³/mol. The van der Waals surface area contributed by atoms with Gasteiger partial charge in [0.1, 0.15) is 5.76 Å². The molecule has 17 heavy (non-hydrogen) atoms. The van der Waals surface area contributed by atoms with Crippen molar-refractivity contribution in [2.45, 2.75) is 32.6 Å². The Morgan fingerprint density at radius 2 is 2.06 bits per heavy atom. The lowest BCUT2D eigenvalue weighted by Gasteiger charge is -2.34. The van der Waals surface area contributed by atoms with Crippen molar-refractivity contribution in [2.75, 3.05) is 13.1 Å². The van der Waals surface area contributed by atoms with E-state index in [0.29, 0.717) is 12.3 Å². The Morgan fingerprint density at radius 1 is 1.41 bits per heavy atom. The topological polar surface area (TPSA) is 62.9 Å². The summed E-state index contributed by atoms with van der Waals surface area (Å²) >= 11 is 0. The summed E-state index contributed by atoms with van der Waals surface area (Å²) in [5.41, 5.74) is 0. The van der Waals surface area contributed by atoms with E-state index in [1.807, 2.05) is 13.8 Å². The normalized spacial score (nSPS) is 26.0. The number of nitrogens with zero attached hydrogens (tertiary/aromatic N) is 1. The van der Waals surface area contributed by atoms with Crippen molar-refractivity contribution in [3.63, 3.8) is 0 Å². The molecule has 1 aromatic heterocycles. The molecule has 0 bridgehead atoms. The molecule has 2 atom stereocenters. The molecule has 1 aromatic rings. The van der Waals surface area contributed by atoms with Crippen LogP contribution < -0.4 is 0 Å². The summed E-state index contributed by atoms with van der Waals surface area (Å²) in [5, 5.41) is 8.76. The van der Waals surface area contributed by atoms with Crippen molar-refractivity contribution < 1.29 is 19.1 Å². The van der Waals surface area contributed by atoms with Crippen LogP contribution in [0.1, 0.15) is 30.2 Å². The van der Waals surface area contributed by atoms with E-state index in [2.05, 4.69) is 4.90 Å². The summed E-state index contributed by atoms with van der Waals surface area (Å²) in [7, 11) is 0. The van der Waals surface area contributed by atoms with Crippen LogP contribution in [0.5, 0.6) is 0 Å². The van der Waals surface area contributed by atoms with E-state index < -0.39 is 5.97 Å². The molecule has 5 heteroatoms. The molecule has 0 saturated carbocycles. The van der Waals surface area contributed by atoms with E-state index in [1.165, 1.54) is 6.07 Å². The third-order valence-corrected chi connectivity index (χ3v) is 2.75. The average Bonchev–Trinajstić information content (AvgIpc) is 2.64. The Bertz CT molecular complexity index is 391. The van der Waals surface area contributed by atoms with E-state index in [4.69, 9.17) is 14.3 Å². The van der Waals surface area contributed by atoms with Crippen molar-refractivity contribution in [1.29, 1.82) is 0 Å². The fourth-order valence-corrected chi connectivity index (χ4v) is 2.21. The van der Waals surface area contributed by atoms with Crippen molar-refractivity contribution in [3.05, 3.63) is 23.7 Å². The Morgan fingerprint density at radius 3 is 2.59 bits per heavy atom. The number of aromatic carboxylic acids is 1. The highest BCUT2D eigenvalue weighted by molar-refractivity contribution is 5.84. The highest BCUT2D eigenvalue weighted by atomic mass is 16.5. The summed E-state index contributed by atoms with van der Waals surface area (Å²) in [4.78, 5) is 12.9. The van der Waals surface area contributed by atoms with Gasteiger partial charge in [-0.05, 0) is 26.0 Å². The molecule has 1 saturated heterocycles. The van der Waals surface area contributed by atoms with E-state index >= 15 is 0 Å². The summed E-state index contributed by atoms with van der Waals surface area (Å²) in [6, 6.07) is 3.21. The first kappa shape index (κ1) is 12.1. The van der Waals surface area contributed by atoms with Gasteiger partial charge in [-0.15, -0.1) is 0 Å². The molecule has 1 aliphatic rings. The highest BCUT2D eigenvalue weighted by Crippen LogP contribution is 2.16. The summed E-state index contributed by atoms with van der Waals surface area (Å²) in [5.74, 6) is -0.349. The smallest absolute Gasteiger partial charge is 0.371 e. The van der Waals surface area contributed by atoms with Crippen LogP contribution in [0.25, 0.3) is 0 Å². The standard InChI is InChI=1S/C12H17NO4/c1-8-5-13(6-9(2)16-8)7-10-3-4-11(17-10)12(14)15/h3-4,8-9H,5-7H2,1-2H3,(H,14,15). The fraction of sp³-hybridized carbons (Fsp3) is 0.583. The van der Waals surface area contributed by atoms with Crippen LogP contribution in [0.15, 0.2) is 16.5 Å². The van der Waals surface area contributed by atoms with Crippen molar-refractivity contribution in [2.24, 2.45) is 0 Å². The maximum Gasteiger partial charge on any atom is 0.371 e. The van der Waals surface area contributed by atoms with Gasteiger partial charge in [0, 0.05) is 13.1 Å². The van der Waals surface area contributed by atoms with Gasteiger partial charge in [-0.1, -0.05) is 0 Å². The molecule has 1 aliphatic heterocycles. The van der Waals surface area contributed by atoms with Crippen LogP contribution in [0.2, 0.25) is 0 Å². The Balaban J connectivity index is 1.97. The molecule has 1 N–H and O–H groups in total. The zero-order chi connectivity index (χ0) is 12.4. The maximum absolute atomic E-state index is 10.7. The minimum absolute atomic E-state index is 0.00523. The van der Waals surface area contributed by atoms with Crippen molar-refractivity contribution in [1.82, 2.24) is 4.90 Å². The second-order valence-electron chi connectivity index (χ2n) is 4.52. The van der Waals surface area contributed by atoms with E-state index in [9.17, 15) is 4.79 Å². The largest absolute Gasteiger partial charge is 0.475 e. The van der Waals surface area contributed by atoms with Gasteiger partial charge in [0.25, 0.3) is 0 Å². The first-order valence-corrected chi connectivity index (χ1v) is 5.74. The van der Waals surface area contributed by atoms with E-state index in [-0.39, 0.29) is 18.0 Å². The Labute approximate surface area is 100.0 Å².